The first kappa shape index (κ1) is 21.1. The molecule has 1 aliphatic rings. The zero-order valence-corrected chi connectivity index (χ0v) is 19.8. The van der Waals surface area contributed by atoms with Gasteiger partial charge in [0.15, 0.2) is 0 Å². The Morgan fingerprint density at radius 2 is 1.81 bits per heavy atom. The van der Waals surface area contributed by atoms with E-state index in [1.165, 1.54) is 11.8 Å². The standard InChI is InChI=1S/C24H16BrNO4S2/c25-15-5-7-19(14(11-15)12-22-23(27)26-24(31)32-22)29-10-9-28-16-6-8-21-18(13-16)17-3-1-2-4-20(17)30-21/h1-8,11-13H,9-10H2,(H,26,27,31). The third kappa shape index (κ3) is 4.39. The number of carbonyl (C=O) groups is 1. The molecule has 2 heterocycles. The van der Waals surface area contributed by atoms with Crippen LogP contribution < -0.4 is 14.8 Å². The van der Waals surface area contributed by atoms with E-state index in [1.807, 2.05) is 60.7 Å². The molecule has 8 heteroatoms. The molecule has 0 aliphatic carbocycles. The van der Waals surface area contributed by atoms with Gasteiger partial charge >= 0.3 is 0 Å². The summed E-state index contributed by atoms with van der Waals surface area (Å²) in [6.45, 7) is 0.715. The third-order valence-corrected chi connectivity index (χ3v) is 6.51. The molecule has 0 bridgehead atoms. The predicted octanol–water partition coefficient (Wildman–Crippen LogP) is 6.30. The molecule has 0 saturated carbocycles. The van der Waals surface area contributed by atoms with Gasteiger partial charge in [-0.15, -0.1) is 0 Å². The molecule has 1 N–H and O–H groups in total. The molecule has 0 radical (unpaired) electrons. The van der Waals surface area contributed by atoms with Crippen molar-refractivity contribution in [2.24, 2.45) is 0 Å². The van der Waals surface area contributed by atoms with Crippen LogP contribution in [0.1, 0.15) is 5.56 Å². The lowest BCUT2D eigenvalue weighted by atomic mass is 10.1. The topological polar surface area (TPSA) is 60.7 Å². The van der Waals surface area contributed by atoms with Crippen LogP contribution in [-0.4, -0.2) is 23.4 Å². The van der Waals surface area contributed by atoms with Crippen molar-refractivity contribution in [3.05, 3.63) is 75.6 Å². The molecule has 4 aromatic rings. The highest BCUT2D eigenvalue weighted by Gasteiger charge is 2.22. The Labute approximate surface area is 201 Å². The largest absolute Gasteiger partial charge is 0.490 e. The number of thiocarbonyl (C=S) groups is 1. The smallest absolute Gasteiger partial charge is 0.263 e. The van der Waals surface area contributed by atoms with E-state index < -0.39 is 0 Å². The normalized spacial score (nSPS) is 15.0. The zero-order chi connectivity index (χ0) is 22.1. The number of thioether (sulfide) groups is 1. The first-order valence-electron chi connectivity index (χ1n) is 9.78. The highest BCUT2D eigenvalue weighted by molar-refractivity contribution is 9.10. The Morgan fingerprint density at radius 3 is 2.66 bits per heavy atom. The molecule has 1 fully saturated rings. The molecule has 5 rings (SSSR count). The number of amides is 1. The fourth-order valence-electron chi connectivity index (χ4n) is 3.43. The second kappa shape index (κ2) is 8.97. The van der Waals surface area contributed by atoms with Gasteiger partial charge in [-0.3, -0.25) is 4.79 Å². The summed E-state index contributed by atoms with van der Waals surface area (Å²) in [5, 5.41) is 4.70. The van der Waals surface area contributed by atoms with Gasteiger partial charge in [0.1, 0.15) is 40.2 Å². The number of rotatable bonds is 6. The number of fused-ring (bicyclic) bond motifs is 3. The maximum absolute atomic E-state index is 12.0. The van der Waals surface area contributed by atoms with Gasteiger partial charge in [0.25, 0.3) is 5.91 Å². The van der Waals surface area contributed by atoms with Crippen molar-refractivity contribution in [2.75, 3.05) is 13.2 Å². The van der Waals surface area contributed by atoms with Crippen LogP contribution in [0, 0.1) is 0 Å². The van der Waals surface area contributed by atoms with Gasteiger partial charge in [-0.25, -0.2) is 0 Å². The Balaban J connectivity index is 1.27. The Bertz CT molecular complexity index is 1400. The van der Waals surface area contributed by atoms with Crippen LogP contribution in [0.3, 0.4) is 0 Å². The van der Waals surface area contributed by atoms with Crippen LogP contribution in [0.15, 0.2) is 74.5 Å². The summed E-state index contributed by atoms with van der Waals surface area (Å²) in [6.07, 6.45) is 1.78. The molecule has 160 valence electrons. The summed E-state index contributed by atoms with van der Waals surface area (Å²) in [4.78, 5) is 12.5. The van der Waals surface area contributed by atoms with Crippen LogP contribution >= 0.6 is 39.9 Å². The molecule has 3 aromatic carbocycles. The number of hydrogen-bond donors (Lipinski definition) is 1. The quantitative estimate of drug-likeness (QED) is 0.181. The van der Waals surface area contributed by atoms with Gasteiger partial charge in [0, 0.05) is 20.8 Å². The number of hydrogen-bond acceptors (Lipinski definition) is 6. The zero-order valence-electron chi connectivity index (χ0n) is 16.6. The number of ether oxygens (including phenoxy) is 2. The van der Waals surface area contributed by atoms with Gasteiger partial charge in [-0.2, -0.15) is 0 Å². The molecule has 1 amide bonds. The molecule has 1 saturated heterocycles. The number of benzene rings is 3. The van der Waals surface area contributed by atoms with Crippen LogP contribution in [0.2, 0.25) is 0 Å². The molecule has 0 unspecified atom stereocenters. The van der Waals surface area contributed by atoms with Crippen molar-refractivity contribution in [3.63, 3.8) is 0 Å². The lowest BCUT2D eigenvalue weighted by molar-refractivity contribution is -0.115. The minimum atomic E-state index is -0.198. The minimum Gasteiger partial charge on any atom is -0.490 e. The highest BCUT2D eigenvalue weighted by atomic mass is 79.9. The number of para-hydroxylation sites is 1. The van der Waals surface area contributed by atoms with Gasteiger partial charge in [0.05, 0.1) is 4.91 Å². The molecule has 32 heavy (non-hydrogen) atoms. The van der Waals surface area contributed by atoms with Crippen molar-refractivity contribution in [1.29, 1.82) is 0 Å². The molecule has 0 atom stereocenters. The summed E-state index contributed by atoms with van der Waals surface area (Å²) < 4.78 is 19.0. The summed E-state index contributed by atoms with van der Waals surface area (Å²) in [7, 11) is 0. The van der Waals surface area contributed by atoms with Gasteiger partial charge in [0.2, 0.25) is 0 Å². The van der Waals surface area contributed by atoms with E-state index in [1.54, 1.807) is 6.08 Å². The Morgan fingerprint density at radius 1 is 1.00 bits per heavy atom. The summed E-state index contributed by atoms with van der Waals surface area (Å²) in [5.74, 6) is 1.21. The monoisotopic (exact) mass is 525 g/mol. The maximum atomic E-state index is 12.0. The molecule has 1 aromatic heterocycles. The first-order valence-corrected chi connectivity index (χ1v) is 11.8. The van der Waals surface area contributed by atoms with E-state index >= 15 is 0 Å². The minimum absolute atomic E-state index is 0.198. The second-order valence-corrected chi connectivity index (χ2v) is 9.62. The Kier molecular flexibility index (Phi) is 5.91. The average Bonchev–Trinajstić information content (AvgIpc) is 3.31. The molecule has 1 aliphatic heterocycles. The number of carbonyl (C=O) groups excluding carboxylic acids is 1. The van der Waals surface area contributed by atoms with Crippen molar-refractivity contribution in [3.8, 4) is 11.5 Å². The second-order valence-electron chi connectivity index (χ2n) is 6.99. The predicted molar refractivity (Wildman–Crippen MR) is 135 cm³/mol. The van der Waals surface area contributed by atoms with Crippen molar-refractivity contribution >= 4 is 78.2 Å². The highest BCUT2D eigenvalue weighted by Crippen LogP contribution is 2.32. The van der Waals surface area contributed by atoms with E-state index in [9.17, 15) is 4.79 Å². The van der Waals surface area contributed by atoms with Crippen LogP contribution in [0.5, 0.6) is 11.5 Å². The number of furan rings is 1. The Hall–Kier alpha value is -2.81. The lowest BCUT2D eigenvalue weighted by Crippen LogP contribution is -2.17. The average molecular weight is 526 g/mol. The summed E-state index contributed by atoms with van der Waals surface area (Å²) in [6, 6.07) is 19.4. The summed E-state index contributed by atoms with van der Waals surface area (Å²) >= 11 is 9.77. The van der Waals surface area contributed by atoms with Crippen molar-refractivity contribution in [1.82, 2.24) is 5.32 Å². The SMILES string of the molecule is O=C1NC(=S)SC1=Cc1cc(Br)ccc1OCCOc1ccc2oc3ccccc3c2c1. The maximum Gasteiger partial charge on any atom is 0.263 e. The van der Waals surface area contributed by atoms with Crippen molar-refractivity contribution in [2.45, 2.75) is 0 Å². The fourth-order valence-corrected chi connectivity index (χ4v) is 4.85. The fraction of sp³-hybridized carbons (Fsp3) is 0.0833. The molecular formula is C24H16BrNO4S2. The molecular weight excluding hydrogens is 510 g/mol. The van der Waals surface area contributed by atoms with E-state index in [4.69, 9.17) is 26.1 Å². The first-order chi connectivity index (χ1) is 15.6. The lowest BCUT2D eigenvalue weighted by Gasteiger charge is -2.11. The van der Waals surface area contributed by atoms with Crippen molar-refractivity contribution < 1.29 is 18.7 Å². The van der Waals surface area contributed by atoms with Crippen LogP contribution in [0.4, 0.5) is 0 Å². The molecule has 0 spiro atoms. The van der Waals surface area contributed by atoms with Gasteiger partial charge in [-0.05, 0) is 48.5 Å². The summed E-state index contributed by atoms with van der Waals surface area (Å²) in [5.41, 5.74) is 2.47. The van der Waals surface area contributed by atoms with E-state index in [0.717, 1.165) is 37.7 Å². The number of halogens is 1. The third-order valence-electron chi connectivity index (χ3n) is 4.86. The number of nitrogens with one attached hydrogen (secondary N) is 1. The van der Waals surface area contributed by atoms with Gasteiger partial charge < -0.3 is 19.2 Å². The van der Waals surface area contributed by atoms with E-state index in [0.29, 0.717) is 28.2 Å². The van der Waals surface area contributed by atoms with Gasteiger partial charge in [-0.1, -0.05) is 58.1 Å². The van der Waals surface area contributed by atoms with Crippen LogP contribution in [-0.2, 0) is 4.79 Å². The van der Waals surface area contributed by atoms with Crippen LogP contribution in [0.25, 0.3) is 28.0 Å². The molecule has 5 nitrogen and oxygen atoms in total. The van der Waals surface area contributed by atoms with E-state index in [-0.39, 0.29) is 5.91 Å². The van der Waals surface area contributed by atoms with E-state index in [2.05, 4.69) is 21.2 Å².